The van der Waals surface area contributed by atoms with Crippen LogP contribution < -0.4 is 10.5 Å². The van der Waals surface area contributed by atoms with Crippen molar-refractivity contribution in [3.8, 4) is 5.75 Å². The van der Waals surface area contributed by atoms with Crippen LogP contribution in [0.4, 0.5) is 0 Å². The van der Waals surface area contributed by atoms with E-state index in [0.717, 1.165) is 21.3 Å². The number of aryl methyl sites for hydroxylation is 1. The number of rotatable bonds is 6. The molecule has 4 nitrogen and oxygen atoms in total. The lowest BCUT2D eigenvalue weighted by atomic mass is 10.1. The van der Waals surface area contributed by atoms with Gasteiger partial charge in [0.2, 0.25) is 5.91 Å². The summed E-state index contributed by atoms with van der Waals surface area (Å²) in [7, 11) is 3.52. The first kappa shape index (κ1) is 16.0. The molecule has 1 amide bonds. The number of nitrogens with two attached hydrogens (primary N) is 1. The number of benzene rings is 1. The molecule has 0 heterocycles. The lowest BCUT2D eigenvalue weighted by Crippen LogP contribution is -2.21. The van der Waals surface area contributed by atoms with E-state index in [4.69, 9.17) is 10.5 Å². The molecule has 0 aromatic heterocycles. The summed E-state index contributed by atoms with van der Waals surface area (Å²) in [4.78, 5) is 13.0. The fourth-order valence-corrected chi connectivity index (χ4v) is 2.40. The van der Waals surface area contributed by atoms with Gasteiger partial charge < -0.3 is 15.4 Å². The van der Waals surface area contributed by atoms with Crippen molar-refractivity contribution in [1.82, 2.24) is 4.90 Å². The molecule has 0 radical (unpaired) electrons. The second-order valence-corrected chi connectivity index (χ2v) is 5.57. The van der Waals surface area contributed by atoms with Gasteiger partial charge in [-0.3, -0.25) is 4.79 Å². The first-order valence-electron chi connectivity index (χ1n) is 6.27. The van der Waals surface area contributed by atoms with Crippen LogP contribution in [-0.4, -0.2) is 31.5 Å². The number of nitrogens with zero attached hydrogens (tertiary/aromatic N) is 1. The molecule has 0 aliphatic rings. The Hall–Kier alpha value is -1.07. The van der Waals surface area contributed by atoms with Crippen LogP contribution in [0, 0.1) is 6.92 Å². The predicted octanol–water partition coefficient (Wildman–Crippen LogP) is 2.46. The van der Waals surface area contributed by atoms with E-state index in [1.807, 2.05) is 19.1 Å². The van der Waals surface area contributed by atoms with Gasteiger partial charge in [0.25, 0.3) is 0 Å². The molecule has 0 spiro atoms. The van der Waals surface area contributed by atoms with Crippen molar-refractivity contribution in [2.24, 2.45) is 5.73 Å². The van der Waals surface area contributed by atoms with Crippen molar-refractivity contribution >= 4 is 21.8 Å². The molecule has 0 unspecified atom stereocenters. The molecule has 0 saturated heterocycles. The van der Waals surface area contributed by atoms with Crippen molar-refractivity contribution in [3.05, 3.63) is 27.7 Å². The molecular weight excluding hydrogens is 308 g/mol. The van der Waals surface area contributed by atoms with E-state index < -0.39 is 0 Å². The Balaban J connectivity index is 2.56. The zero-order chi connectivity index (χ0) is 14.4. The van der Waals surface area contributed by atoms with Crippen LogP contribution in [0.3, 0.4) is 0 Å². The predicted molar refractivity (Wildman–Crippen MR) is 80.2 cm³/mol. The van der Waals surface area contributed by atoms with Gasteiger partial charge in [0, 0.05) is 37.1 Å². The molecular formula is C14H21BrN2O2. The minimum absolute atomic E-state index is 0.121. The topological polar surface area (TPSA) is 55.6 Å². The summed E-state index contributed by atoms with van der Waals surface area (Å²) >= 11 is 3.44. The monoisotopic (exact) mass is 328 g/mol. The lowest BCUT2D eigenvalue weighted by molar-refractivity contribution is -0.128. The highest BCUT2D eigenvalue weighted by Crippen LogP contribution is 2.27. The molecule has 2 N–H and O–H groups in total. The standard InChI is InChI=1S/C14H21BrN2O2/c1-10-7-12(15)8-11(9-16)14(10)19-6-4-5-13(18)17(2)3/h7-8H,4-6,9,16H2,1-3H3. The molecule has 0 aliphatic heterocycles. The van der Waals surface area contributed by atoms with Gasteiger partial charge in [-0.15, -0.1) is 0 Å². The van der Waals surface area contributed by atoms with Crippen LogP contribution in [-0.2, 0) is 11.3 Å². The average Bonchev–Trinajstić information content (AvgIpc) is 2.35. The largest absolute Gasteiger partial charge is 0.493 e. The fraction of sp³-hybridized carbons (Fsp3) is 0.500. The maximum absolute atomic E-state index is 11.4. The van der Waals surface area contributed by atoms with Crippen LogP contribution in [0.1, 0.15) is 24.0 Å². The Morgan fingerprint density at radius 3 is 2.68 bits per heavy atom. The Kier molecular flexibility index (Phi) is 6.31. The number of carbonyl (C=O) groups is 1. The van der Waals surface area contributed by atoms with Crippen LogP contribution in [0.25, 0.3) is 0 Å². The van der Waals surface area contributed by atoms with Crippen molar-refractivity contribution in [3.63, 3.8) is 0 Å². The van der Waals surface area contributed by atoms with E-state index >= 15 is 0 Å². The molecule has 5 heteroatoms. The number of hydrogen-bond acceptors (Lipinski definition) is 3. The van der Waals surface area contributed by atoms with Crippen molar-refractivity contribution < 1.29 is 9.53 Å². The van der Waals surface area contributed by atoms with E-state index in [0.29, 0.717) is 26.0 Å². The van der Waals surface area contributed by atoms with E-state index in [1.54, 1.807) is 19.0 Å². The van der Waals surface area contributed by atoms with Crippen LogP contribution in [0.15, 0.2) is 16.6 Å². The summed E-state index contributed by atoms with van der Waals surface area (Å²) in [5.74, 6) is 0.957. The third kappa shape index (κ3) is 4.84. The summed E-state index contributed by atoms with van der Waals surface area (Å²) in [5, 5.41) is 0. The maximum Gasteiger partial charge on any atom is 0.222 e. The summed E-state index contributed by atoms with van der Waals surface area (Å²) in [6.45, 7) is 2.95. The van der Waals surface area contributed by atoms with E-state index in [9.17, 15) is 4.79 Å². The maximum atomic E-state index is 11.4. The van der Waals surface area contributed by atoms with Gasteiger partial charge in [0.05, 0.1) is 6.61 Å². The van der Waals surface area contributed by atoms with Crippen molar-refractivity contribution in [2.45, 2.75) is 26.3 Å². The smallest absolute Gasteiger partial charge is 0.222 e. The Bertz CT molecular complexity index is 447. The second kappa shape index (κ2) is 7.50. The summed E-state index contributed by atoms with van der Waals surface area (Å²) in [6.07, 6.45) is 1.21. The second-order valence-electron chi connectivity index (χ2n) is 4.66. The quantitative estimate of drug-likeness (QED) is 0.816. The minimum atomic E-state index is 0.121. The van der Waals surface area contributed by atoms with Gasteiger partial charge in [-0.05, 0) is 31.0 Å². The molecule has 1 rings (SSSR count). The first-order valence-corrected chi connectivity index (χ1v) is 7.07. The Labute approximate surface area is 123 Å². The minimum Gasteiger partial charge on any atom is -0.493 e. The molecule has 19 heavy (non-hydrogen) atoms. The van der Waals surface area contributed by atoms with Gasteiger partial charge in [0.1, 0.15) is 5.75 Å². The number of ether oxygens (including phenoxy) is 1. The van der Waals surface area contributed by atoms with Crippen LogP contribution in [0.5, 0.6) is 5.75 Å². The fourth-order valence-electron chi connectivity index (χ4n) is 1.78. The third-order valence-corrected chi connectivity index (χ3v) is 3.27. The first-order chi connectivity index (χ1) is 8.95. The average molecular weight is 329 g/mol. The zero-order valence-corrected chi connectivity index (χ0v) is 13.3. The molecule has 1 aromatic rings. The van der Waals surface area contributed by atoms with Gasteiger partial charge in [-0.25, -0.2) is 0 Å². The molecule has 0 fully saturated rings. The summed E-state index contributed by atoms with van der Waals surface area (Å²) < 4.78 is 6.77. The van der Waals surface area contributed by atoms with Gasteiger partial charge in [-0.2, -0.15) is 0 Å². The van der Waals surface area contributed by atoms with E-state index in [2.05, 4.69) is 15.9 Å². The molecule has 106 valence electrons. The molecule has 1 aromatic carbocycles. The molecule has 0 aliphatic carbocycles. The molecule has 0 saturated carbocycles. The van der Waals surface area contributed by atoms with Gasteiger partial charge in [-0.1, -0.05) is 15.9 Å². The Morgan fingerprint density at radius 1 is 1.42 bits per heavy atom. The lowest BCUT2D eigenvalue weighted by Gasteiger charge is -2.14. The number of hydrogen-bond donors (Lipinski definition) is 1. The highest BCUT2D eigenvalue weighted by molar-refractivity contribution is 9.10. The number of amides is 1. The van der Waals surface area contributed by atoms with Crippen LogP contribution in [0.2, 0.25) is 0 Å². The summed E-state index contributed by atoms with van der Waals surface area (Å²) in [5.41, 5.74) is 7.75. The third-order valence-electron chi connectivity index (χ3n) is 2.82. The molecule has 0 atom stereocenters. The van der Waals surface area contributed by atoms with Gasteiger partial charge >= 0.3 is 0 Å². The zero-order valence-electron chi connectivity index (χ0n) is 11.7. The number of carbonyl (C=O) groups excluding carboxylic acids is 1. The summed E-state index contributed by atoms with van der Waals surface area (Å²) in [6, 6.07) is 3.97. The van der Waals surface area contributed by atoms with E-state index in [-0.39, 0.29) is 5.91 Å². The van der Waals surface area contributed by atoms with Crippen molar-refractivity contribution in [2.75, 3.05) is 20.7 Å². The highest BCUT2D eigenvalue weighted by Gasteiger charge is 2.09. The molecule has 0 bridgehead atoms. The normalized spacial score (nSPS) is 10.4. The van der Waals surface area contributed by atoms with Crippen molar-refractivity contribution in [1.29, 1.82) is 0 Å². The Morgan fingerprint density at radius 2 is 2.11 bits per heavy atom. The SMILES string of the molecule is Cc1cc(Br)cc(CN)c1OCCCC(=O)N(C)C. The number of halogens is 1. The van der Waals surface area contributed by atoms with Gasteiger partial charge in [0.15, 0.2) is 0 Å². The van der Waals surface area contributed by atoms with Crippen LogP contribution >= 0.6 is 15.9 Å². The highest BCUT2D eigenvalue weighted by atomic mass is 79.9. The van der Waals surface area contributed by atoms with E-state index in [1.165, 1.54) is 0 Å².